The van der Waals surface area contributed by atoms with Crippen LogP contribution >= 0.6 is 11.3 Å². The summed E-state index contributed by atoms with van der Waals surface area (Å²) in [6.07, 6.45) is 2.98. The molecule has 1 unspecified atom stereocenters. The van der Waals surface area contributed by atoms with Crippen LogP contribution in [0.25, 0.3) is 10.4 Å². The van der Waals surface area contributed by atoms with Crippen molar-refractivity contribution in [2.45, 2.75) is 31.6 Å². The fourth-order valence-corrected chi connectivity index (χ4v) is 6.05. The lowest BCUT2D eigenvalue weighted by atomic mass is 10.0. The Morgan fingerprint density at radius 1 is 1.19 bits per heavy atom. The van der Waals surface area contributed by atoms with Crippen LogP contribution in [0.2, 0.25) is 0 Å². The smallest absolute Gasteiger partial charge is 0.248 e. The van der Waals surface area contributed by atoms with Crippen molar-refractivity contribution in [2.75, 3.05) is 29.5 Å². The molecule has 27 heavy (non-hydrogen) atoms. The zero-order chi connectivity index (χ0) is 19.1. The standard InChI is InChI=1S/C19H22F2N2O2S2/c20-19(21)6-5-14(12-19)11-18-22-13-17(26-18)15-1-3-16(4-2-15)23-7-9-27(24,25)10-8-23/h1-4,13-14H,5-12H2. The summed E-state index contributed by atoms with van der Waals surface area (Å²) in [7, 11) is -2.88. The first kappa shape index (κ1) is 18.8. The Labute approximate surface area is 162 Å². The molecule has 1 aliphatic heterocycles. The summed E-state index contributed by atoms with van der Waals surface area (Å²) in [4.78, 5) is 7.55. The molecule has 0 spiro atoms. The molecule has 1 saturated heterocycles. The maximum atomic E-state index is 13.3. The molecule has 8 heteroatoms. The van der Waals surface area contributed by atoms with Crippen LogP contribution in [0.15, 0.2) is 30.5 Å². The van der Waals surface area contributed by atoms with E-state index in [1.54, 1.807) is 11.3 Å². The van der Waals surface area contributed by atoms with Crippen molar-refractivity contribution in [3.63, 3.8) is 0 Å². The second kappa shape index (κ2) is 7.13. The van der Waals surface area contributed by atoms with Gasteiger partial charge in [-0.05, 0) is 30.0 Å². The van der Waals surface area contributed by atoms with Gasteiger partial charge in [-0.15, -0.1) is 11.3 Å². The Bertz CT molecular complexity index is 896. The molecule has 2 aromatic rings. The van der Waals surface area contributed by atoms with Gasteiger partial charge in [-0.1, -0.05) is 12.1 Å². The zero-order valence-corrected chi connectivity index (χ0v) is 16.5. The minimum atomic E-state index is -2.88. The molecule has 1 aromatic carbocycles. The average molecular weight is 413 g/mol. The molecule has 1 atom stereocenters. The Balaban J connectivity index is 1.40. The third-order valence-corrected chi connectivity index (χ3v) is 8.06. The van der Waals surface area contributed by atoms with Crippen LogP contribution in [-0.4, -0.2) is 43.9 Å². The van der Waals surface area contributed by atoms with Gasteiger partial charge in [0, 0.05) is 44.2 Å². The summed E-state index contributed by atoms with van der Waals surface area (Å²) in [6.45, 7) is 1.05. The van der Waals surface area contributed by atoms with Crippen molar-refractivity contribution in [3.8, 4) is 10.4 Å². The summed E-state index contributed by atoms with van der Waals surface area (Å²) >= 11 is 1.57. The number of halogens is 2. The number of thiazole rings is 1. The van der Waals surface area contributed by atoms with Crippen molar-refractivity contribution in [1.29, 1.82) is 0 Å². The lowest BCUT2D eigenvalue weighted by Gasteiger charge is -2.28. The highest BCUT2D eigenvalue weighted by molar-refractivity contribution is 7.91. The molecule has 2 aliphatic rings. The van der Waals surface area contributed by atoms with Crippen molar-refractivity contribution in [1.82, 2.24) is 4.98 Å². The van der Waals surface area contributed by atoms with Gasteiger partial charge in [0.2, 0.25) is 5.92 Å². The Morgan fingerprint density at radius 3 is 2.52 bits per heavy atom. The topological polar surface area (TPSA) is 50.3 Å². The molecule has 2 heterocycles. The summed E-state index contributed by atoms with van der Waals surface area (Å²) < 4.78 is 49.8. The van der Waals surface area contributed by atoms with E-state index in [0.29, 0.717) is 25.9 Å². The number of nitrogens with zero attached hydrogens (tertiary/aromatic N) is 2. The molecule has 2 fully saturated rings. The van der Waals surface area contributed by atoms with Crippen LogP contribution in [0, 0.1) is 5.92 Å². The van der Waals surface area contributed by atoms with Crippen molar-refractivity contribution >= 4 is 26.9 Å². The molecule has 4 rings (SSSR count). The van der Waals surface area contributed by atoms with E-state index in [1.165, 1.54) is 0 Å². The van der Waals surface area contributed by atoms with E-state index in [1.807, 2.05) is 30.5 Å². The lowest BCUT2D eigenvalue weighted by molar-refractivity contribution is 0.00508. The van der Waals surface area contributed by atoms with Gasteiger partial charge < -0.3 is 4.90 Å². The van der Waals surface area contributed by atoms with Crippen molar-refractivity contribution in [2.24, 2.45) is 5.92 Å². The molecule has 0 radical (unpaired) electrons. The third-order valence-electron chi connectivity index (χ3n) is 5.38. The van der Waals surface area contributed by atoms with Gasteiger partial charge in [0.05, 0.1) is 21.4 Å². The van der Waals surface area contributed by atoms with Gasteiger partial charge in [-0.25, -0.2) is 22.2 Å². The van der Waals surface area contributed by atoms with E-state index >= 15 is 0 Å². The molecule has 1 saturated carbocycles. The molecule has 1 aliphatic carbocycles. The largest absolute Gasteiger partial charge is 0.369 e. The number of hydrogen-bond donors (Lipinski definition) is 0. The predicted octanol–water partition coefficient (Wildman–Crippen LogP) is 4.02. The monoisotopic (exact) mass is 412 g/mol. The quantitative estimate of drug-likeness (QED) is 0.761. The van der Waals surface area contributed by atoms with Gasteiger partial charge >= 0.3 is 0 Å². The van der Waals surface area contributed by atoms with Crippen LogP contribution in [-0.2, 0) is 16.3 Å². The first-order valence-corrected chi connectivity index (χ1v) is 11.8. The maximum Gasteiger partial charge on any atom is 0.248 e. The number of aromatic nitrogens is 1. The molecule has 1 aromatic heterocycles. The van der Waals surface area contributed by atoms with E-state index < -0.39 is 15.8 Å². The summed E-state index contributed by atoms with van der Waals surface area (Å²) in [6, 6.07) is 8.04. The second-order valence-corrected chi connectivity index (χ2v) is 10.9. The number of rotatable bonds is 4. The molecule has 146 valence electrons. The van der Waals surface area contributed by atoms with E-state index in [0.717, 1.165) is 21.1 Å². The fraction of sp³-hybridized carbons (Fsp3) is 0.526. The highest BCUT2D eigenvalue weighted by atomic mass is 32.2. The number of anilines is 1. The average Bonchev–Trinajstić information content (AvgIpc) is 3.22. The Morgan fingerprint density at radius 2 is 1.89 bits per heavy atom. The summed E-state index contributed by atoms with van der Waals surface area (Å²) in [5.41, 5.74) is 2.07. The molecular weight excluding hydrogens is 390 g/mol. The normalized spacial score (nSPS) is 24.2. The number of hydrogen-bond acceptors (Lipinski definition) is 5. The van der Waals surface area contributed by atoms with E-state index in [9.17, 15) is 17.2 Å². The minimum Gasteiger partial charge on any atom is -0.369 e. The molecular formula is C19H22F2N2O2S2. The van der Waals surface area contributed by atoms with Crippen molar-refractivity contribution < 1.29 is 17.2 Å². The number of sulfone groups is 1. The van der Waals surface area contributed by atoms with Crippen molar-refractivity contribution in [3.05, 3.63) is 35.5 Å². The van der Waals surface area contributed by atoms with Gasteiger partial charge in [0.15, 0.2) is 9.84 Å². The first-order chi connectivity index (χ1) is 12.8. The number of benzene rings is 1. The van der Waals surface area contributed by atoms with E-state index in [2.05, 4.69) is 9.88 Å². The Kier molecular flexibility index (Phi) is 4.96. The summed E-state index contributed by atoms with van der Waals surface area (Å²) in [5.74, 6) is -2.08. The molecule has 0 N–H and O–H groups in total. The zero-order valence-electron chi connectivity index (χ0n) is 14.9. The maximum absolute atomic E-state index is 13.3. The molecule has 0 bridgehead atoms. The first-order valence-electron chi connectivity index (χ1n) is 9.18. The van der Waals surface area contributed by atoms with Gasteiger partial charge in [-0.3, -0.25) is 0 Å². The molecule has 0 amide bonds. The fourth-order valence-electron chi connectivity index (χ4n) is 3.81. The van der Waals surface area contributed by atoms with Crippen LogP contribution in [0.4, 0.5) is 14.5 Å². The van der Waals surface area contributed by atoms with Gasteiger partial charge in [0.1, 0.15) is 0 Å². The minimum absolute atomic E-state index is 0.00480. The van der Waals surface area contributed by atoms with Crippen LogP contribution in [0.1, 0.15) is 24.3 Å². The summed E-state index contributed by atoms with van der Waals surface area (Å²) in [5, 5.41) is 0.915. The van der Waals surface area contributed by atoms with Crippen LogP contribution < -0.4 is 4.90 Å². The van der Waals surface area contributed by atoms with Gasteiger partial charge in [0.25, 0.3) is 0 Å². The van der Waals surface area contributed by atoms with Crippen LogP contribution in [0.5, 0.6) is 0 Å². The van der Waals surface area contributed by atoms with E-state index in [4.69, 9.17) is 0 Å². The van der Waals surface area contributed by atoms with E-state index in [-0.39, 0.29) is 30.3 Å². The second-order valence-electron chi connectivity index (χ2n) is 7.47. The number of alkyl halides is 2. The lowest BCUT2D eigenvalue weighted by Crippen LogP contribution is -2.40. The highest BCUT2D eigenvalue weighted by Crippen LogP contribution is 2.41. The predicted molar refractivity (Wildman–Crippen MR) is 104 cm³/mol. The third kappa shape index (κ3) is 4.48. The molecule has 4 nitrogen and oxygen atoms in total. The Hall–Kier alpha value is -1.54. The van der Waals surface area contributed by atoms with Gasteiger partial charge in [-0.2, -0.15) is 0 Å². The van der Waals surface area contributed by atoms with Crippen LogP contribution in [0.3, 0.4) is 0 Å². The SMILES string of the molecule is O=S1(=O)CCN(c2ccc(-c3cnc(CC4CCC(F)(F)C4)s3)cc2)CC1. The highest BCUT2D eigenvalue weighted by Gasteiger charge is 2.39.